The van der Waals surface area contributed by atoms with E-state index in [0.717, 1.165) is 137 Å². The normalized spacial score (nSPS) is 18.0. The van der Waals surface area contributed by atoms with E-state index in [1.165, 1.54) is 16.1 Å². The van der Waals surface area contributed by atoms with Crippen molar-refractivity contribution in [2.45, 2.75) is 78.7 Å². The summed E-state index contributed by atoms with van der Waals surface area (Å²) in [5.41, 5.74) is 13.3. The van der Waals surface area contributed by atoms with Crippen LogP contribution in [0.5, 0.6) is 0 Å². The molecule has 2 fully saturated rings. The van der Waals surface area contributed by atoms with Crippen molar-refractivity contribution in [2.24, 2.45) is 10.4 Å². The van der Waals surface area contributed by atoms with Gasteiger partial charge in [0.25, 0.3) is 0 Å². The van der Waals surface area contributed by atoms with Gasteiger partial charge in [0, 0.05) is 57.9 Å². The van der Waals surface area contributed by atoms with Crippen LogP contribution in [0.15, 0.2) is 89.9 Å². The van der Waals surface area contributed by atoms with E-state index in [-0.39, 0.29) is 17.4 Å². The average Bonchev–Trinajstić information content (AvgIpc) is 3.90. The summed E-state index contributed by atoms with van der Waals surface area (Å²) in [7, 11) is 0. The lowest BCUT2D eigenvalue weighted by molar-refractivity contribution is -0.129. The van der Waals surface area contributed by atoms with Crippen LogP contribution in [0.2, 0.25) is 10.0 Å². The van der Waals surface area contributed by atoms with Crippen molar-refractivity contribution in [1.82, 2.24) is 19.7 Å². The number of carbonyl (C=O) groups is 2. The summed E-state index contributed by atoms with van der Waals surface area (Å²) in [6.45, 7) is 11.9. The average molecular weight is 910 g/mol. The van der Waals surface area contributed by atoms with Crippen LogP contribution in [0, 0.1) is 26.2 Å². The van der Waals surface area contributed by atoms with E-state index in [1.807, 2.05) is 31.2 Å². The number of anilines is 1. The van der Waals surface area contributed by atoms with Gasteiger partial charge in [0.1, 0.15) is 16.9 Å². The number of piperidine rings is 1. The lowest BCUT2D eigenvalue weighted by Crippen LogP contribution is -2.42. The molecule has 0 saturated carbocycles. The van der Waals surface area contributed by atoms with Gasteiger partial charge in [-0.2, -0.15) is 0 Å². The molecule has 3 aliphatic heterocycles. The van der Waals surface area contributed by atoms with E-state index >= 15 is 0 Å². The minimum atomic E-state index is -0.924. The second-order valence-corrected chi connectivity index (χ2v) is 20.1. The Hall–Kier alpha value is -5.55. The van der Waals surface area contributed by atoms with E-state index in [9.17, 15) is 14.7 Å². The molecule has 10 rings (SSSR count). The fraction of sp³-hybridized carbons (Fsp3) is 0.327. The van der Waals surface area contributed by atoms with Crippen LogP contribution < -0.4 is 4.90 Å². The molecule has 0 unspecified atom stereocenters. The summed E-state index contributed by atoms with van der Waals surface area (Å²) in [5.74, 6) is 0.985. The number of hydrogen-bond donors (Lipinski definition) is 1. The van der Waals surface area contributed by atoms with Crippen LogP contribution in [-0.4, -0.2) is 68.5 Å². The fourth-order valence-corrected chi connectivity index (χ4v) is 12.2. The number of rotatable bonds is 7. The number of carboxylic acid groups (broad SMARTS) is 1. The first kappa shape index (κ1) is 42.4. The van der Waals surface area contributed by atoms with Gasteiger partial charge in [0.05, 0.1) is 17.7 Å². The smallest absolute Gasteiger partial charge is 0.335 e. The monoisotopic (exact) mass is 908 g/mol. The molecule has 64 heavy (non-hydrogen) atoms. The van der Waals surface area contributed by atoms with Crippen molar-refractivity contribution in [2.75, 3.05) is 31.1 Å². The predicted molar refractivity (Wildman–Crippen MR) is 258 cm³/mol. The van der Waals surface area contributed by atoms with Gasteiger partial charge in [-0.1, -0.05) is 71.7 Å². The summed E-state index contributed by atoms with van der Waals surface area (Å²) >= 11 is 14.9. The number of carboxylic acids is 1. The third kappa shape index (κ3) is 7.67. The first-order valence-electron chi connectivity index (χ1n) is 22.2. The van der Waals surface area contributed by atoms with Gasteiger partial charge in [-0.3, -0.25) is 14.4 Å². The van der Waals surface area contributed by atoms with E-state index < -0.39 is 5.97 Å². The summed E-state index contributed by atoms with van der Waals surface area (Å²) in [4.78, 5) is 36.8. The second kappa shape index (κ2) is 16.8. The molecule has 1 amide bonds. The number of halogens is 2. The van der Waals surface area contributed by atoms with Gasteiger partial charge in [-0.25, -0.2) is 4.79 Å². The number of aromatic carboxylic acids is 1. The SMILES string of the molecule is Cc1sc2c(c1C)C(c1ccc(CC(=O)N3CCC4(CCN(c5ccc(C6=C(c7ccc(Cl)cc7Cl)CCCc7cc(C(=O)O)ccc76)cc5)CC4)C3)cc1)=N[C@@H](C)c1nnc(C)n1-2. The highest BCUT2D eigenvalue weighted by Gasteiger charge is 2.42. The van der Waals surface area contributed by atoms with Crippen LogP contribution in [-0.2, 0) is 17.6 Å². The molecule has 12 heteroatoms. The summed E-state index contributed by atoms with van der Waals surface area (Å²) in [6, 6.07) is 28.2. The van der Waals surface area contributed by atoms with Gasteiger partial charge in [-0.05, 0) is 153 Å². The van der Waals surface area contributed by atoms with E-state index in [1.54, 1.807) is 23.5 Å². The maximum absolute atomic E-state index is 13.8. The molecule has 1 aliphatic carbocycles. The van der Waals surface area contributed by atoms with Crippen LogP contribution in [0.1, 0.15) is 116 Å². The molecule has 1 atom stereocenters. The Labute approximate surface area is 388 Å². The zero-order valence-electron chi connectivity index (χ0n) is 36.5. The molecule has 0 radical (unpaired) electrons. The maximum Gasteiger partial charge on any atom is 0.335 e. The number of aromatic nitrogens is 3. The Morgan fingerprint density at radius 3 is 2.30 bits per heavy atom. The maximum atomic E-state index is 13.8. The molecule has 4 aliphatic rings. The van der Waals surface area contributed by atoms with Crippen LogP contribution in [0.3, 0.4) is 0 Å². The number of amides is 1. The minimum absolute atomic E-state index is 0.136. The molecule has 0 bridgehead atoms. The Morgan fingerprint density at radius 2 is 1.56 bits per heavy atom. The Balaban J connectivity index is 0.813. The van der Waals surface area contributed by atoms with Gasteiger partial charge >= 0.3 is 5.97 Å². The molecule has 5 heterocycles. The Kier molecular flexibility index (Phi) is 11.1. The third-order valence-electron chi connectivity index (χ3n) is 14.1. The lowest BCUT2D eigenvalue weighted by atomic mass is 9.77. The number of thiophene rings is 1. The molecule has 326 valence electrons. The highest BCUT2D eigenvalue weighted by molar-refractivity contribution is 7.15. The van der Waals surface area contributed by atoms with Crippen LogP contribution >= 0.6 is 34.5 Å². The van der Waals surface area contributed by atoms with Crippen molar-refractivity contribution in [3.05, 3.63) is 162 Å². The number of allylic oxidation sites excluding steroid dienone is 1. The largest absolute Gasteiger partial charge is 0.478 e. The molecule has 6 aromatic rings. The predicted octanol–water partition coefficient (Wildman–Crippen LogP) is 11.5. The van der Waals surface area contributed by atoms with Crippen molar-refractivity contribution in [3.8, 4) is 5.00 Å². The van der Waals surface area contributed by atoms with Crippen LogP contribution in [0.4, 0.5) is 5.69 Å². The highest BCUT2D eigenvalue weighted by Crippen LogP contribution is 2.45. The van der Waals surface area contributed by atoms with Crippen molar-refractivity contribution in [3.63, 3.8) is 0 Å². The zero-order valence-corrected chi connectivity index (χ0v) is 38.9. The summed E-state index contributed by atoms with van der Waals surface area (Å²) in [6.07, 6.45) is 5.94. The zero-order chi connectivity index (χ0) is 44.4. The number of aliphatic imine (C=N–C) groups is 1. The molecular formula is C52H50Cl2N6O3S. The quantitative estimate of drug-likeness (QED) is 0.171. The summed E-state index contributed by atoms with van der Waals surface area (Å²) < 4.78 is 2.16. The van der Waals surface area contributed by atoms with Crippen molar-refractivity contribution >= 4 is 69.0 Å². The van der Waals surface area contributed by atoms with Gasteiger partial charge < -0.3 is 14.9 Å². The third-order valence-corrected chi connectivity index (χ3v) is 15.9. The standard InChI is InChI=1S/C52H50Cl2N6O3S/c1-30-32(3)64-50-46(30)48(55-31(2)49-57-56-33(4)60(49)50)36-10-8-34(9-11-36)26-45(61)59-25-22-52(29-59)20-23-58(24-21-52)40-16-12-35(13-17-40)47-41-18-14-38(51(62)63)27-37(41)6-5-7-43(47)42-19-15-39(53)28-44(42)54/h8-19,27-28,31H,5-7,20-26,29H2,1-4H3,(H,62,63)/t31-/m0/s1. The lowest BCUT2D eigenvalue weighted by Gasteiger charge is -2.40. The van der Waals surface area contributed by atoms with Gasteiger partial charge in [0.2, 0.25) is 5.91 Å². The topological polar surface area (TPSA) is 104 Å². The first-order valence-corrected chi connectivity index (χ1v) is 23.8. The molecule has 2 aromatic heterocycles. The fourth-order valence-electron chi connectivity index (χ4n) is 10.4. The first-order chi connectivity index (χ1) is 30.9. The number of benzene rings is 4. The van der Waals surface area contributed by atoms with Crippen molar-refractivity contribution < 1.29 is 14.7 Å². The summed E-state index contributed by atoms with van der Waals surface area (Å²) in [5, 5.41) is 21.0. The number of fused-ring (bicyclic) bond motifs is 4. The molecule has 1 N–H and O–H groups in total. The minimum Gasteiger partial charge on any atom is -0.478 e. The number of carbonyl (C=O) groups excluding carboxylic acids is 1. The molecule has 4 aromatic carbocycles. The molecule has 9 nitrogen and oxygen atoms in total. The second-order valence-electron chi connectivity index (χ2n) is 18.0. The number of hydrogen-bond acceptors (Lipinski definition) is 7. The van der Waals surface area contributed by atoms with Gasteiger partial charge in [-0.15, -0.1) is 21.5 Å². The van der Waals surface area contributed by atoms with Crippen LogP contribution in [0.25, 0.3) is 16.1 Å². The Bertz CT molecular complexity index is 2910. The number of nitrogens with zero attached hydrogens (tertiary/aromatic N) is 6. The molecule has 1 spiro atoms. The van der Waals surface area contributed by atoms with Gasteiger partial charge in [0.15, 0.2) is 5.82 Å². The van der Waals surface area contributed by atoms with E-state index in [0.29, 0.717) is 22.0 Å². The van der Waals surface area contributed by atoms with E-state index in [2.05, 4.69) is 93.9 Å². The number of likely N-dealkylation sites (tertiary alicyclic amines) is 1. The highest BCUT2D eigenvalue weighted by atomic mass is 35.5. The Morgan fingerprint density at radius 1 is 0.844 bits per heavy atom. The molecular weight excluding hydrogens is 860 g/mol. The molecule has 2 saturated heterocycles. The number of aryl methyl sites for hydroxylation is 3. The van der Waals surface area contributed by atoms with E-state index in [4.69, 9.17) is 28.2 Å². The van der Waals surface area contributed by atoms with Crippen molar-refractivity contribution in [1.29, 1.82) is 0 Å².